The number of halogens is 1. The van der Waals surface area contributed by atoms with E-state index in [1.807, 2.05) is 37.3 Å². The van der Waals surface area contributed by atoms with Gasteiger partial charge in [-0.05, 0) is 36.8 Å². The lowest BCUT2D eigenvalue weighted by atomic mass is 10.2. The third kappa shape index (κ3) is 4.65. The number of hydrogen-bond donors (Lipinski definition) is 2. The minimum atomic E-state index is -0.114. The van der Waals surface area contributed by atoms with Crippen molar-refractivity contribution >= 4 is 34.6 Å². The van der Waals surface area contributed by atoms with Crippen LogP contribution < -0.4 is 15.5 Å². The van der Waals surface area contributed by atoms with E-state index >= 15 is 0 Å². The van der Waals surface area contributed by atoms with E-state index in [2.05, 4.69) is 21.6 Å². The fourth-order valence-electron chi connectivity index (χ4n) is 2.75. The van der Waals surface area contributed by atoms with Crippen LogP contribution in [-0.2, 0) is 9.53 Å². The highest BCUT2D eigenvalue weighted by molar-refractivity contribution is 6.31. The van der Waals surface area contributed by atoms with Gasteiger partial charge < -0.3 is 20.3 Å². The van der Waals surface area contributed by atoms with Crippen LogP contribution >= 0.6 is 11.6 Å². The van der Waals surface area contributed by atoms with E-state index in [-0.39, 0.29) is 12.5 Å². The molecular weight excluding hydrogens is 338 g/mol. The SMILES string of the molecule is Cc1ccc(NC(=O)CNc2ccccc2N2CCOCC2)cc1Cl. The molecule has 0 aromatic heterocycles. The standard InChI is InChI=1S/C19H22ClN3O2/c1-14-6-7-15(12-16(14)20)22-19(24)13-21-17-4-2-3-5-18(17)23-8-10-25-11-9-23/h2-7,12,21H,8-11,13H2,1H3,(H,22,24). The Labute approximate surface area is 152 Å². The van der Waals surface area contributed by atoms with Crippen molar-refractivity contribution in [3.63, 3.8) is 0 Å². The van der Waals surface area contributed by atoms with Crippen LogP contribution in [-0.4, -0.2) is 38.8 Å². The van der Waals surface area contributed by atoms with Crippen molar-refractivity contribution in [3.8, 4) is 0 Å². The Morgan fingerprint density at radius 1 is 1.20 bits per heavy atom. The topological polar surface area (TPSA) is 53.6 Å². The van der Waals surface area contributed by atoms with Crippen LogP contribution in [0, 0.1) is 6.92 Å². The second-order valence-corrected chi connectivity index (χ2v) is 6.39. The van der Waals surface area contributed by atoms with E-state index in [0.29, 0.717) is 10.7 Å². The molecule has 2 aromatic carbocycles. The third-order valence-electron chi connectivity index (χ3n) is 4.15. The highest BCUT2D eigenvalue weighted by atomic mass is 35.5. The number of anilines is 3. The summed E-state index contributed by atoms with van der Waals surface area (Å²) in [6.45, 7) is 5.27. The fourth-order valence-corrected chi connectivity index (χ4v) is 2.93. The number of carbonyl (C=O) groups is 1. The molecule has 2 aromatic rings. The number of hydrogen-bond acceptors (Lipinski definition) is 4. The minimum Gasteiger partial charge on any atom is -0.378 e. The van der Waals surface area contributed by atoms with Gasteiger partial charge in [0.25, 0.3) is 0 Å². The summed E-state index contributed by atoms with van der Waals surface area (Å²) in [5, 5.41) is 6.73. The van der Waals surface area contributed by atoms with Gasteiger partial charge in [0.2, 0.25) is 5.91 Å². The van der Waals surface area contributed by atoms with E-state index in [9.17, 15) is 4.79 Å². The number of aryl methyl sites for hydroxylation is 1. The molecule has 0 atom stereocenters. The Kier molecular flexibility index (Phi) is 5.79. The maximum atomic E-state index is 12.2. The highest BCUT2D eigenvalue weighted by Crippen LogP contribution is 2.26. The first-order chi connectivity index (χ1) is 12.1. The highest BCUT2D eigenvalue weighted by Gasteiger charge is 2.14. The molecule has 0 saturated carbocycles. The van der Waals surface area contributed by atoms with Crippen LogP contribution in [0.1, 0.15) is 5.56 Å². The quantitative estimate of drug-likeness (QED) is 0.857. The Balaban J connectivity index is 1.61. The number of nitrogens with one attached hydrogen (secondary N) is 2. The smallest absolute Gasteiger partial charge is 0.243 e. The van der Waals surface area contributed by atoms with Crippen LogP contribution in [0.15, 0.2) is 42.5 Å². The van der Waals surface area contributed by atoms with Gasteiger partial charge >= 0.3 is 0 Å². The van der Waals surface area contributed by atoms with E-state index in [4.69, 9.17) is 16.3 Å². The van der Waals surface area contributed by atoms with Gasteiger partial charge in [-0.25, -0.2) is 0 Å². The molecule has 5 nitrogen and oxygen atoms in total. The first kappa shape index (κ1) is 17.6. The summed E-state index contributed by atoms with van der Waals surface area (Å²) >= 11 is 6.09. The first-order valence-corrected chi connectivity index (χ1v) is 8.73. The van der Waals surface area contributed by atoms with E-state index in [1.54, 1.807) is 6.07 Å². The lowest BCUT2D eigenvalue weighted by Gasteiger charge is -2.30. The molecule has 0 spiro atoms. The predicted molar refractivity (Wildman–Crippen MR) is 103 cm³/mol. The zero-order valence-corrected chi connectivity index (χ0v) is 15.0. The zero-order chi connectivity index (χ0) is 17.6. The normalized spacial score (nSPS) is 14.2. The van der Waals surface area contributed by atoms with Crippen LogP contribution in [0.2, 0.25) is 5.02 Å². The molecule has 0 bridgehead atoms. The van der Waals surface area contributed by atoms with E-state index in [0.717, 1.165) is 43.2 Å². The number of benzene rings is 2. The summed E-state index contributed by atoms with van der Waals surface area (Å²) in [4.78, 5) is 14.5. The monoisotopic (exact) mass is 359 g/mol. The summed E-state index contributed by atoms with van der Waals surface area (Å²) in [5.41, 5.74) is 3.72. The van der Waals surface area contributed by atoms with Gasteiger partial charge in [-0.15, -0.1) is 0 Å². The van der Waals surface area contributed by atoms with Gasteiger partial charge in [-0.2, -0.15) is 0 Å². The Morgan fingerprint density at radius 2 is 1.96 bits per heavy atom. The molecule has 6 heteroatoms. The van der Waals surface area contributed by atoms with Crippen molar-refractivity contribution in [1.82, 2.24) is 0 Å². The average Bonchev–Trinajstić information content (AvgIpc) is 2.64. The molecular formula is C19H22ClN3O2. The second-order valence-electron chi connectivity index (χ2n) is 5.98. The van der Waals surface area contributed by atoms with Gasteiger partial charge in [-0.1, -0.05) is 29.8 Å². The van der Waals surface area contributed by atoms with Gasteiger partial charge in [0.15, 0.2) is 0 Å². The average molecular weight is 360 g/mol. The van der Waals surface area contributed by atoms with Crippen molar-refractivity contribution in [1.29, 1.82) is 0 Å². The van der Waals surface area contributed by atoms with Crippen molar-refractivity contribution in [2.24, 2.45) is 0 Å². The molecule has 0 radical (unpaired) electrons. The van der Waals surface area contributed by atoms with Crippen molar-refractivity contribution in [2.75, 3.05) is 48.4 Å². The maximum Gasteiger partial charge on any atom is 0.243 e. The van der Waals surface area contributed by atoms with Gasteiger partial charge in [-0.3, -0.25) is 4.79 Å². The minimum absolute atomic E-state index is 0.114. The molecule has 1 saturated heterocycles. The molecule has 25 heavy (non-hydrogen) atoms. The molecule has 3 rings (SSSR count). The molecule has 1 aliphatic heterocycles. The fraction of sp³-hybridized carbons (Fsp3) is 0.316. The van der Waals surface area contributed by atoms with Gasteiger partial charge in [0.1, 0.15) is 0 Å². The van der Waals surface area contributed by atoms with Gasteiger partial charge in [0.05, 0.1) is 31.1 Å². The third-order valence-corrected chi connectivity index (χ3v) is 4.56. The summed E-state index contributed by atoms with van der Waals surface area (Å²) in [5.74, 6) is -0.114. The largest absolute Gasteiger partial charge is 0.378 e. The Bertz CT molecular complexity index is 745. The molecule has 2 N–H and O–H groups in total. The molecule has 1 fully saturated rings. The maximum absolute atomic E-state index is 12.2. The van der Waals surface area contributed by atoms with Crippen molar-refractivity contribution in [3.05, 3.63) is 53.1 Å². The molecule has 1 amide bonds. The van der Waals surface area contributed by atoms with E-state index < -0.39 is 0 Å². The van der Waals surface area contributed by atoms with Crippen LogP contribution in [0.4, 0.5) is 17.1 Å². The number of carbonyl (C=O) groups excluding carboxylic acids is 1. The number of amides is 1. The molecule has 1 aliphatic rings. The summed E-state index contributed by atoms with van der Waals surface area (Å²) in [6, 6.07) is 13.5. The summed E-state index contributed by atoms with van der Waals surface area (Å²) in [6.07, 6.45) is 0. The first-order valence-electron chi connectivity index (χ1n) is 8.35. The Hall–Kier alpha value is -2.24. The number of nitrogens with zero attached hydrogens (tertiary/aromatic N) is 1. The summed E-state index contributed by atoms with van der Waals surface area (Å²) in [7, 11) is 0. The van der Waals surface area contributed by atoms with Crippen molar-refractivity contribution < 1.29 is 9.53 Å². The number of rotatable bonds is 5. The van der Waals surface area contributed by atoms with Crippen LogP contribution in [0.3, 0.4) is 0 Å². The number of ether oxygens (including phenoxy) is 1. The van der Waals surface area contributed by atoms with Crippen LogP contribution in [0.25, 0.3) is 0 Å². The number of morpholine rings is 1. The lowest BCUT2D eigenvalue weighted by molar-refractivity contribution is -0.114. The molecule has 132 valence electrons. The van der Waals surface area contributed by atoms with Crippen LogP contribution in [0.5, 0.6) is 0 Å². The summed E-state index contributed by atoms with van der Waals surface area (Å²) < 4.78 is 5.41. The van der Waals surface area contributed by atoms with E-state index in [1.165, 1.54) is 0 Å². The predicted octanol–water partition coefficient (Wildman–Crippen LogP) is 3.54. The molecule has 0 unspecified atom stereocenters. The lowest BCUT2D eigenvalue weighted by Crippen LogP contribution is -2.36. The van der Waals surface area contributed by atoms with Crippen molar-refractivity contribution in [2.45, 2.75) is 6.92 Å². The zero-order valence-electron chi connectivity index (χ0n) is 14.2. The molecule has 0 aliphatic carbocycles. The number of para-hydroxylation sites is 2. The Morgan fingerprint density at radius 3 is 2.72 bits per heavy atom. The van der Waals surface area contributed by atoms with Gasteiger partial charge in [0, 0.05) is 23.8 Å². The second kappa shape index (κ2) is 8.23. The molecule has 1 heterocycles.